The summed E-state index contributed by atoms with van der Waals surface area (Å²) in [5.41, 5.74) is 0.840. The second kappa shape index (κ2) is 3.34. The molecule has 0 N–H and O–H groups in total. The lowest BCUT2D eigenvalue weighted by Gasteiger charge is -2.16. The molecule has 0 bridgehead atoms. The monoisotopic (exact) mass is 196 g/mol. The molecule has 1 unspecified atom stereocenters. The maximum Gasteiger partial charge on any atom is 0.0771 e. The first-order valence-corrected chi connectivity index (χ1v) is 11.3. The molecule has 0 aromatic rings. The molecule has 1 rings (SSSR count). The van der Waals surface area contributed by atoms with Gasteiger partial charge >= 0.3 is 0 Å². The normalized spacial score (nSPS) is 23.5. The van der Waals surface area contributed by atoms with Crippen molar-refractivity contribution in [3.05, 3.63) is 23.4 Å². The second-order valence-corrected chi connectivity index (χ2v) is 13.4. The van der Waals surface area contributed by atoms with Crippen LogP contribution in [-0.4, -0.2) is 16.9 Å². The lowest BCUT2D eigenvalue weighted by molar-refractivity contribution is 1.35. The van der Waals surface area contributed by atoms with Gasteiger partial charge in [0.25, 0.3) is 0 Å². The standard InChI is InChI=1S/C10H20Si2/c1-11(2)9-6-7-10(8-9)12(3,4)5/h6-9,11H,1-5H3. The van der Waals surface area contributed by atoms with Crippen molar-refractivity contribution in [1.82, 2.24) is 0 Å². The van der Waals surface area contributed by atoms with E-state index in [0.717, 1.165) is 5.54 Å². The minimum absolute atomic E-state index is 0.474. The van der Waals surface area contributed by atoms with Gasteiger partial charge in [-0.15, -0.1) is 0 Å². The third kappa shape index (κ3) is 2.20. The highest BCUT2D eigenvalue weighted by Crippen LogP contribution is 2.29. The quantitative estimate of drug-likeness (QED) is 0.595. The zero-order chi connectivity index (χ0) is 9.35. The van der Waals surface area contributed by atoms with Crippen LogP contribution >= 0.6 is 0 Å². The molecule has 0 saturated heterocycles. The minimum Gasteiger partial charge on any atom is -0.0814 e. The fourth-order valence-electron chi connectivity index (χ4n) is 1.45. The first-order chi connectivity index (χ1) is 5.41. The van der Waals surface area contributed by atoms with Gasteiger partial charge in [-0.3, -0.25) is 0 Å². The third-order valence-electron chi connectivity index (χ3n) is 2.51. The fourth-order valence-corrected chi connectivity index (χ4v) is 4.08. The Morgan fingerprint density at radius 1 is 1.25 bits per heavy atom. The predicted octanol–water partition coefficient (Wildman–Crippen LogP) is 3.22. The van der Waals surface area contributed by atoms with Crippen LogP contribution < -0.4 is 0 Å². The fraction of sp³-hybridized carbons (Fsp3) is 0.600. The van der Waals surface area contributed by atoms with E-state index in [1.54, 1.807) is 5.20 Å². The summed E-state index contributed by atoms with van der Waals surface area (Å²) in [4.78, 5) is 0. The Balaban J connectivity index is 2.75. The smallest absolute Gasteiger partial charge is 0.0771 e. The molecule has 0 amide bonds. The second-order valence-electron chi connectivity index (χ2n) is 5.05. The van der Waals surface area contributed by atoms with Crippen molar-refractivity contribution in [3.8, 4) is 0 Å². The average molecular weight is 196 g/mol. The molecule has 0 fully saturated rings. The first-order valence-electron chi connectivity index (χ1n) is 4.82. The molecule has 0 radical (unpaired) electrons. The van der Waals surface area contributed by atoms with Gasteiger partial charge in [0, 0.05) is 8.80 Å². The highest BCUT2D eigenvalue weighted by Gasteiger charge is 2.23. The van der Waals surface area contributed by atoms with Crippen molar-refractivity contribution in [2.75, 3.05) is 0 Å². The summed E-state index contributed by atoms with van der Waals surface area (Å²) in [6.07, 6.45) is 7.33. The number of allylic oxidation sites excluding steroid dienone is 4. The van der Waals surface area contributed by atoms with Crippen molar-refractivity contribution in [2.45, 2.75) is 38.3 Å². The Morgan fingerprint density at radius 3 is 2.08 bits per heavy atom. The van der Waals surface area contributed by atoms with Crippen molar-refractivity contribution in [1.29, 1.82) is 0 Å². The molecule has 0 heterocycles. The molecule has 0 saturated carbocycles. The molecule has 0 nitrogen and oxygen atoms in total. The zero-order valence-electron chi connectivity index (χ0n) is 8.89. The molecule has 0 aromatic heterocycles. The van der Waals surface area contributed by atoms with Gasteiger partial charge in [0.15, 0.2) is 0 Å². The first kappa shape index (κ1) is 10.00. The SMILES string of the molecule is C[SiH](C)C1C=CC([Si](C)(C)C)=C1. The third-order valence-corrected chi connectivity index (χ3v) is 6.53. The Kier molecular flexibility index (Phi) is 2.78. The van der Waals surface area contributed by atoms with E-state index >= 15 is 0 Å². The number of hydrogen-bond acceptors (Lipinski definition) is 0. The van der Waals surface area contributed by atoms with Crippen LogP contribution in [0.5, 0.6) is 0 Å². The molecule has 0 aliphatic heterocycles. The van der Waals surface area contributed by atoms with E-state index in [1.807, 2.05) is 0 Å². The zero-order valence-corrected chi connectivity index (χ0v) is 11.0. The van der Waals surface area contributed by atoms with E-state index in [2.05, 4.69) is 51.0 Å². The minimum atomic E-state index is -1.02. The Bertz CT molecular complexity index is 218. The van der Waals surface area contributed by atoms with Gasteiger partial charge in [-0.25, -0.2) is 0 Å². The molecule has 1 aliphatic rings. The lowest BCUT2D eigenvalue weighted by Crippen LogP contribution is -2.22. The van der Waals surface area contributed by atoms with Gasteiger partial charge < -0.3 is 0 Å². The topological polar surface area (TPSA) is 0 Å². The van der Waals surface area contributed by atoms with E-state index < -0.39 is 16.9 Å². The summed E-state index contributed by atoms with van der Waals surface area (Å²) in [6, 6.07) is 0. The Labute approximate surface area is 79.0 Å². The largest absolute Gasteiger partial charge is 0.0814 e. The van der Waals surface area contributed by atoms with Crippen LogP contribution in [0.25, 0.3) is 0 Å². The van der Waals surface area contributed by atoms with Crippen molar-refractivity contribution in [2.24, 2.45) is 0 Å². The van der Waals surface area contributed by atoms with Crippen LogP contribution in [0.3, 0.4) is 0 Å². The van der Waals surface area contributed by atoms with Crippen LogP contribution in [0.1, 0.15) is 0 Å². The van der Waals surface area contributed by atoms with Gasteiger partial charge in [-0.1, -0.05) is 56.2 Å². The maximum absolute atomic E-state index is 2.53. The number of rotatable bonds is 2. The van der Waals surface area contributed by atoms with Crippen LogP contribution in [0.2, 0.25) is 38.3 Å². The summed E-state index contributed by atoms with van der Waals surface area (Å²) in [5.74, 6) is 0. The molecule has 0 aromatic carbocycles. The van der Waals surface area contributed by atoms with Gasteiger partial charge in [-0.2, -0.15) is 0 Å². The highest BCUT2D eigenvalue weighted by atomic mass is 28.3. The molecular formula is C10H20Si2. The summed E-state index contributed by atoms with van der Waals surface area (Å²) in [5, 5.41) is 1.66. The van der Waals surface area contributed by atoms with E-state index in [-0.39, 0.29) is 0 Å². The summed E-state index contributed by atoms with van der Waals surface area (Å²) >= 11 is 0. The van der Waals surface area contributed by atoms with E-state index in [4.69, 9.17) is 0 Å². The van der Waals surface area contributed by atoms with Crippen LogP contribution in [0, 0.1) is 0 Å². The molecular weight excluding hydrogens is 176 g/mol. The molecule has 1 aliphatic carbocycles. The van der Waals surface area contributed by atoms with Crippen molar-refractivity contribution < 1.29 is 0 Å². The Hall–Kier alpha value is -0.0862. The van der Waals surface area contributed by atoms with Crippen LogP contribution in [-0.2, 0) is 0 Å². The van der Waals surface area contributed by atoms with Gasteiger partial charge in [0.1, 0.15) is 0 Å². The Morgan fingerprint density at radius 2 is 1.83 bits per heavy atom. The molecule has 0 spiro atoms. The average Bonchev–Trinajstić information content (AvgIpc) is 2.30. The van der Waals surface area contributed by atoms with Gasteiger partial charge in [0.05, 0.1) is 8.07 Å². The van der Waals surface area contributed by atoms with Crippen LogP contribution in [0.4, 0.5) is 0 Å². The predicted molar refractivity (Wildman–Crippen MR) is 63.2 cm³/mol. The highest BCUT2D eigenvalue weighted by molar-refractivity contribution is 6.84. The molecule has 2 heteroatoms. The number of hydrogen-bond donors (Lipinski definition) is 0. The van der Waals surface area contributed by atoms with E-state index in [1.165, 1.54) is 0 Å². The summed E-state index contributed by atoms with van der Waals surface area (Å²) in [7, 11) is -1.49. The van der Waals surface area contributed by atoms with Crippen molar-refractivity contribution in [3.63, 3.8) is 0 Å². The van der Waals surface area contributed by atoms with Crippen molar-refractivity contribution >= 4 is 16.9 Å². The molecule has 68 valence electrons. The molecule has 1 atom stereocenters. The summed E-state index contributed by atoms with van der Waals surface area (Å²) < 4.78 is 0. The maximum atomic E-state index is 2.53. The van der Waals surface area contributed by atoms with E-state index in [0.29, 0.717) is 0 Å². The lowest BCUT2D eigenvalue weighted by atomic mass is 10.5. The summed E-state index contributed by atoms with van der Waals surface area (Å²) in [6.45, 7) is 12.1. The van der Waals surface area contributed by atoms with Gasteiger partial charge in [-0.05, 0) is 5.54 Å². The van der Waals surface area contributed by atoms with Gasteiger partial charge in [0.2, 0.25) is 0 Å². The van der Waals surface area contributed by atoms with Crippen LogP contribution in [0.15, 0.2) is 23.4 Å². The molecule has 12 heavy (non-hydrogen) atoms. The van der Waals surface area contributed by atoms with E-state index in [9.17, 15) is 0 Å².